The molecule has 0 aliphatic heterocycles. The van der Waals surface area contributed by atoms with Gasteiger partial charge in [-0.2, -0.15) is 4.31 Å². The second-order valence-corrected chi connectivity index (χ2v) is 6.15. The summed E-state index contributed by atoms with van der Waals surface area (Å²) in [6.45, 7) is 4.23. The molecule has 0 N–H and O–H groups in total. The highest BCUT2D eigenvalue weighted by Gasteiger charge is 2.29. The van der Waals surface area contributed by atoms with Crippen molar-refractivity contribution in [3.8, 4) is 0 Å². The second-order valence-electron chi connectivity index (χ2n) is 4.06. The first kappa shape index (κ1) is 15.5. The normalized spacial score (nSPS) is 12.6. The molecule has 0 saturated heterocycles. The molecule has 0 atom stereocenters. The molecule has 0 amide bonds. The lowest BCUT2D eigenvalue weighted by atomic mass is 10.4. The monoisotopic (exact) mass is 295 g/mol. The van der Waals surface area contributed by atoms with E-state index in [-0.39, 0.29) is 23.6 Å². The van der Waals surface area contributed by atoms with Crippen LogP contribution in [-0.2, 0) is 20.6 Å². The number of methoxy groups -OCH3 is 1. The van der Waals surface area contributed by atoms with E-state index in [9.17, 15) is 8.42 Å². The fraction of sp³-hybridized carbons (Fsp3) is 0.636. The molecule has 5 nitrogen and oxygen atoms in total. The molecule has 0 aliphatic carbocycles. The van der Waals surface area contributed by atoms with Crippen LogP contribution in [0.5, 0.6) is 0 Å². The van der Waals surface area contributed by atoms with E-state index in [4.69, 9.17) is 20.8 Å². The van der Waals surface area contributed by atoms with Gasteiger partial charge in [-0.3, -0.25) is 0 Å². The topological polar surface area (TPSA) is 59.8 Å². The summed E-state index contributed by atoms with van der Waals surface area (Å²) in [4.78, 5) is 0. The van der Waals surface area contributed by atoms with Gasteiger partial charge in [0.2, 0.25) is 5.09 Å². The van der Waals surface area contributed by atoms with E-state index in [0.29, 0.717) is 12.4 Å². The number of nitrogens with zero attached hydrogens (tertiary/aromatic N) is 1. The standard InChI is InChI=1S/C11H18ClNO4S/c1-9(2)13(6-7-16-3)18(14,15)11-5-4-10(8-12)17-11/h4-5,9H,6-8H2,1-3H3. The zero-order chi connectivity index (χ0) is 13.8. The van der Waals surface area contributed by atoms with Crippen LogP contribution < -0.4 is 0 Å². The van der Waals surface area contributed by atoms with Gasteiger partial charge in [-0.15, -0.1) is 11.6 Å². The van der Waals surface area contributed by atoms with Crippen LogP contribution >= 0.6 is 11.6 Å². The van der Waals surface area contributed by atoms with Crippen LogP contribution in [0.1, 0.15) is 19.6 Å². The van der Waals surface area contributed by atoms with Crippen molar-refractivity contribution in [2.45, 2.75) is 30.9 Å². The van der Waals surface area contributed by atoms with Gasteiger partial charge >= 0.3 is 0 Å². The first-order valence-electron chi connectivity index (χ1n) is 5.59. The van der Waals surface area contributed by atoms with Gasteiger partial charge in [-0.05, 0) is 26.0 Å². The molecule has 1 aromatic heterocycles. The van der Waals surface area contributed by atoms with Gasteiger partial charge in [0.25, 0.3) is 10.0 Å². The van der Waals surface area contributed by atoms with E-state index in [1.54, 1.807) is 19.9 Å². The largest absolute Gasteiger partial charge is 0.447 e. The van der Waals surface area contributed by atoms with Crippen LogP contribution in [0.25, 0.3) is 0 Å². The lowest BCUT2D eigenvalue weighted by molar-refractivity contribution is 0.170. The Bertz CT molecular complexity index is 469. The van der Waals surface area contributed by atoms with E-state index in [1.807, 2.05) is 0 Å². The van der Waals surface area contributed by atoms with Crippen LogP contribution in [-0.4, -0.2) is 39.0 Å². The fourth-order valence-corrected chi connectivity index (χ4v) is 3.22. The number of furan rings is 1. The van der Waals surface area contributed by atoms with E-state index < -0.39 is 10.0 Å². The molecule has 104 valence electrons. The van der Waals surface area contributed by atoms with Crippen molar-refractivity contribution in [2.75, 3.05) is 20.3 Å². The Morgan fingerprint density at radius 3 is 2.56 bits per heavy atom. The van der Waals surface area contributed by atoms with Gasteiger partial charge in [0.05, 0.1) is 12.5 Å². The molecule has 0 aliphatic rings. The average Bonchev–Trinajstić information content (AvgIpc) is 2.77. The molecule has 1 rings (SSSR count). The molecule has 0 aromatic carbocycles. The summed E-state index contributed by atoms with van der Waals surface area (Å²) in [5.41, 5.74) is 0. The summed E-state index contributed by atoms with van der Waals surface area (Å²) in [7, 11) is -2.10. The quantitative estimate of drug-likeness (QED) is 0.723. The molecule has 0 bridgehead atoms. The third-order valence-electron chi connectivity index (χ3n) is 2.42. The third-order valence-corrected chi connectivity index (χ3v) is 4.64. The number of ether oxygens (including phenoxy) is 1. The molecule has 0 unspecified atom stereocenters. The van der Waals surface area contributed by atoms with Crippen molar-refractivity contribution < 1.29 is 17.6 Å². The van der Waals surface area contributed by atoms with E-state index in [2.05, 4.69) is 0 Å². The number of alkyl halides is 1. The summed E-state index contributed by atoms with van der Waals surface area (Å²) < 4.78 is 36.2. The van der Waals surface area contributed by atoms with Crippen LogP contribution in [0.2, 0.25) is 0 Å². The minimum absolute atomic E-state index is 0.0806. The Morgan fingerprint density at radius 1 is 1.44 bits per heavy atom. The first-order chi connectivity index (χ1) is 8.43. The average molecular weight is 296 g/mol. The van der Waals surface area contributed by atoms with Gasteiger partial charge < -0.3 is 9.15 Å². The molecular formula is C11H18ClNO4S. The molecule has 7 heteroatoms. The second kappa shape index (κ2) is 6.56. The highest BCUT2D eigenvalue weighted by Crippen LogP contribution is 2.21. The van der Waals surface area contributed by atoms with Gasteiger partial charge in [0.1, 0.15) is 5.76 Å². The van der Waals surface area contributed by atoms with E-state index in [0.717, 1.165) is 0 Å². The number of sulfonamides is 1. The minimum atomic E-state index is -3.63. The summed E-state index contributed by atoms with van der Waals surface area (Å²) in [6.07, 6.45) is 0. The lowest BCUT2D eigenvalue weighted by Crippen LogP contribution is -2.39. The molecule has 1 heterocycles. The summed E-state index contributed by atoms with van der Waals surface area (Å²) in [5.74, 6) is 0.584. The molecule has 0 saturated carbocycles. The van der Waals surface area contributed by atoms with Crippen molar-refractivity contribution in [3.63, 3.8) is 0 Å². The smallest absolute Gasteiger partial charge is 0.276 e. The Hall–Kier alpha value is -0.560. The van der Waals surface area contributed by atoms with Crippen LogP contribution in [0.4, 0.5) is 0 Å². The van der Waals surface area contributed by atoms with E-state index >= 15 is 0 Å². The molecule has 0 spiro atoms. The van der Waals surface area contributed by atoms with Crippen molar-refractivity contribution in [3.05, 3.63) is 17.9 Å². The van der Waals surface area contributed by atoms with Crippen molar-refractivity contribution in [1.29, 1.82) is 0 Å². The Labute approximate surface area is 113 Å². The molecule has 1 aromatic rings. The Kier molecular flexibility index (Phi) is 5.65. The first-order valence-corrected chi connectivity index (χ1v) is 7.56. The Morgan fingerprint density at radius 2 is 2.11 bits per heavy atom. The Balaban J connectivity index is 3.00. The highest BCUT2D eigenvalue weighted by atomic mass is 35.5. The zero-order valence-corrected chi connectivity index (χ0v) is 12.3. The maximum atomic E-state index is 12.3. The predicted octanol–water partition coefficient (Wildman–Crippen LogP) is 2.06. The SMILES string of the molecule is COCCN(C(C)C)S(=O)(=O)c1ccc(CCl)o1. The van der Waals surface area contributed by atoms with Crippen molar-refractivity contribution in [1.82, 2.24) is 4.31 Å². The lowest BCUT2D eigenvalue weighted by Gasteiger charge is -2.24. The number of rotatable bonds is 7. The van der Waals surface area contributed by atoms with Gasteiger partial charge in [-0.25, -0.2) is 8.42 Å². The maximum absolute atomic E-state index is 12.3. The maximum Gasteiger partial charge on any atom is 0.276 e. The number of halogens is 1. The van der Waals surface area contributed by atoms with Gasteiger partial charge in [-0.1, -0.05) is 0 Å². The third kappa shape index (κ3) is 3.47. The highest BCUT2D eigenvalue weighted by molar-refractivity contribution is 7.89. The van der Waals surface area contributed by atoms with Crippen LogP contribution in [0.3, 0.4) is 0 Å². The molecule has 0 fully saturated rings. The van der Waals surface area contributed by atoms with Gasteiger partial charge in [0, 0.05) is 19.7 Å². The number of hydrogen-bond acceptors (Lipinski definition) is 4. The minimum Gasteiger partial charge on any atom is -0.447 e. The molecule has 18 heavy (non-hydrogen) atoms. The van der Waals surface area contributed by atoms with Gasteiger partial charge in [0.15, 0.2) is 0 Å². The number of hydrogen-bond donors (Lipinski definition) is 0. The van der Waals surface area contributed by atoms with E-state index in [1.165, 1.54) is 17.5 Å². The van der Waals surface area contributed by atoms with Crippen LogP contribution in [0, 0.1) is 0 Å². The molecular weight excluding hydrogens is 278 g/mol. The fourth-order valence-electron chi connectivity index (χ4n) is 1.52. The zero-order valence-electron chi connectivity index (χ0n) is 10.7. The van der Waals surface area contributed by atoms with Crippen LogP contribution in [0.15, 0.2) is 21.6 Å². The van der Waals surface area contributed by atoms with Crippen molar-refractivity contribution in [2.24, 2.45) is 0 Å². The van der Waals surface area contributed by atoms with Crippen molar-refractivity contribution >= 4 is 21.6 Å². The summed E-state index contributed by atoms with van der Waals surface area (Å²) in [5, 5.41) is -0.0806. The summed E-state index contributed by atoms with van der Waals surface area (Å²) >= 11 is 5.59. The predicted molar refractivity (Wildman–Crippen MR) is 69.2 cm³/mol. The summed E-state index contributed by atoms with van der Waals surface area (Å²) in [6, 6.07) is 2.82. The molecule has 0 radical (unpaired) electrons.